The molecule has 0 atom stereocenters. The summed E-state index contributed by atoms with van der Waals surface area (Å²) in [6, 6.07) is 7.07. The first kappa shape index (κ1) is 24.0. The van der Waals surface area contributed by atoms with Crippen LogP contribution in [0.3, 0.4) is 0 Å². The number of nitrogens with one attached hydrogen (secondary N) is 1. The van der Waals surface area contributed by atoms with Crippen LogP contribution in [0.15, 0.2) is 30.5 Å². The molecule has 0 spiro atoms. The zero-order valence-corrected chi connectivity index (χ0v) is 16.1. The third-order valence-corrected chi connectivity index (χ3v) is 2.55. The second-order valence-electron chi connectivity index (χ2n) is 4.36. The molecule has 0 aliphatic heterocycles. The molecule has 24 heavy (non-hydrogen) atoms. The standard InChI is InChI=1S/C8H10N2O.C7H8FN.2C2H6/c1-6-3-4-7(10-5-6)8(11)9-2;1-5-3-4-6(2)9-7(5)8;2*1-2/h3-5H,1-2H3,(H,9,11);3-4H,1-2H3;2*1-2H3. The van der Waals surface area contributed by atoms with E-state index < -0.39 is 0 Å². The average molecular weight is 335 g/mol. The van der Waals surface area contributed by atoms with E-state index in [0.29, 0.717) is 11.3 Å². The van der Waals surface area contributed by atoms with E-state index >= 15 is 0 Å². The molecule has 2 rings (SSSR count). The van der Waals surface area contributed by atoms with Crippen LogP contribution in [0.25, 0.3) is 0 Å². The van der Waals surface area contributed by atoms with Crippen molar-refractivity contribution < 1.29 is 9.18 Å². The number of carbonyl (C=O) groups excluding carboxylic acids is 1. The van der Waals surface area contributed by atoms with Gasteiger partial charge in [0.05, 0.1) is 0 Å². The lowest BCUT2D eigenvalue weighted by molar-refractivity contribution is 0.0958. The largest absolute Gasteiger partial charge is 0.354 e. The molecule has 1 N–H and O–H groups in total. The second kappa shape index (κ2) is 14.3. The van der Waals surface area contributed by atoms with Gasteiger partial charge in [-0.05, 0) is 38.5 Å². The number of carbonyl (C=O) groups is 1. The molecule has 0 radical (unpaired) electrons. The smallest absolute Gasteiger partial charge is 0.269 e. The van der Waals surface area contributed by atoms with Gasteiger partial charge in [-0.15, -0.1) is 0 Å². The van der Waals surface area contributed by atoms with Crippen LogP contribution in [-0.4, -0.2) is 22.9 Å². The fourth-order valence-electron chi connectivity index (χ4n) is 1.32. The number of nitrogens with zero attached hydrogens (tertiary/aromatic N) is 2. The van der Waals surface area contributed by atoms with E-state index in [0.717, 1.165) is 11.3 Å². The van der Waals surface area contributed by atoms with Crippen molar-refractivity contribution in [3.63, 3.8) is 0 Å². The molecular formula is C19H30FN3O. The van der Waals surface area contributed by atoms with Gasteiger partial charge < -0.3 is 5.32 Å². The van der Waals surface area contributed by atoms with Crippen molar-refractivity contribution in [2.75, 3.05) is 7.05 Å². The molecule has 1 amide bonds. The van der Waals surface area contributed by atoms with Crippen LogP contribution in [0, 0.1) is 26.7 Å². The van der Waals surface area contributed by atoms with Crippen LogP contribution in [0.2, 0.25) is 0 Å². The fourth-order valence-corrected chi connectivity index (χ4v) is 1.32. The van der Waals surface area contributed by atoms with Crippen molar-refractivity contribution in [3.8, 4) is 0 Å². The Labute approximate surface area is 145 Å². The average Bonchev–Trinajstić information content (AvgIpc) is 2.62. The Morgan fingerprint density at radius 2 is 1.58 bits per heavy atom. The van der Waals surface area contributed by atoms with Gasteiger partial charge >= 0.3 is 0 Å². The minimum atomic E-state index is -0.366. The molecule has 0 saturated heterocycles. The molecule has 134 valence electrons. The summed E-state index contributed by atoms with van der Waals surface area (Å²) in [7, 11) is 1.59. The number of hydrogen-bond donors (Lipinski definition) is 1. The Morgan fingerprint density at radius 3 is 1.96 bits per heavy atom. The van der Waals surface area contributed by atoms with Crippen LogP contribution >= 0.6 is 0 Å². The first-order valence-electron chi connectivity index (χ1n) is 8.18. The number of amides is 1. The minimum absolute atomic E-state index is 0.148. The van der Waals surface area contributed by atoms with E-state index in [1.165, 1.54) is 0 Å². The van der Waals surface area contributed by atoms with Crippen LogP contribution in [0.1, 0.15) is 55.0 Å². The number of hydrogen-bond acceptors (Lipinski definition) is 3. The van der Waals surface area contributed by atoms with Gasteiger partial charge in [-0.2, -0.15) is 4.39 Å². The highest BCUT2D eigenvalue weighted by atomic mass is 19.1. The Kier molecular flexibility index (Phi) is 14.3. The van der Waals surface area contributed by atoms with Crippen LogP contribution in [0.4, 0.5) is 4.39 Å². The molecule has 4 nitrogen and oxygen atoms in total. The number of aryl methyl sites for hydroxylation is 3. The lowest BCUT2D eigenvalue weighted by Gasteiger charge is -1.97. The molecule has 0 fully saturated rings. The molecule has 0 aliphatic carbocycles. The first-order chi connectivity index (χ1) is 11.4. The molecule has 0 bridgehead atoms. The summed E-state index contributed by atoms with van der Waals surface area (Å²) in [4.78, 5) is 18.5. The van der Waals surface area contributed by atoms with Gasteiger partial charge in [0.15, 0.2) is 0 Å². The third kappa shape index (κ3) is 9.66. The van der Waals surface area contributed by atoms with Crippen LogP contribution in [0.5, 0.6) is 0 Å². The molecule has 5 heteroatoms. The quantitative estimate of drug-likeness (QED) is 0.772. The monoisotopic (exact) mass is 335 g/mol. The van der Waals surface area contributed by atoms with Gasteiger partial charge in [-0.1, -0.05) is 39.8 Å². The summed E-state index contributed by atoms with van der Waals surface area (Å²) >= 11 is 0. The predicted molar refractivity (Wildman–Crippen MR) is 98.7 cm³/mol. The van der Waals surface area contributed by atoms with Crippen molar-refractivity contribution >= 4 is 5.91 Å². The predicted octanol–water partition coefficient (Wildman–Crippen LogP) is 4.64. The lowest BCUT2D eigenvalue weighted by Crippen LogP contribution is -2.18. The van der Waals surface area contributed by atoms with Gasteiger partial charge in [0.1, 0.15) is 5.69 Å². The summed E-state index contributed by atoms with van der Waals surface area (Å²) in [5.74, 6) is -0.514. The molecule has 2 aromatic heterocycles. The number of halogens is 1. The van der Waals surface area contributed by atoms with Crippen molar-refractivity contribution in [1.29, 1.82) is 0 Å². The molecule has 2 aromatic rings. The summed E-state index contributed by atoms with van der Waals surface area (Å²) < 4.78 is 12.5. The Balaban J connectivity index is 0. The zero-order valence-electron chi connectivity index (χ0n) is 16.1. The zero-order chi connectivity index (χ0) is 19.1. The van der Waals surface area contributed by atoms with Gasteiger partial charge in [-0.3, -0.25) is 9.78 Å². The summed E-state index contributed by atoms with van der Waals surface area (Å²) in [5, 5.41) is 2.50. The Bertz CT molecular complexity index is 584. The second-order valence-corrected chi connectivity index (χ2v) is 4.36. The molecule has 0 unspecified atom stereocenters. The number of pyridine rings is 2. The maximum Gasteiger partial charge on any atom is 0.269 e. The van der Waals surface area contributed by atoms with Crippen LogP contribution < -0.4 is 5.32 Å². The highest BCUT2D eigenvalue weighted by Gasteiger charge is 2.01. The maximum absolute atomic E-state index is 12.5. The number of aromatic nitrogens is 2. The highest BCUT2D eigenvalue weighted by Crippen LogP contribution is 2.02. The van der Waals surface area contributed by atoms with Crippen molar-refractivity contribution in [1.82, 2.24) is 15.3 Å². The van der Waals surface area contributed by atoms with Crippen LogP contribution in [-0.2, 0) is 0 Å². The molecule has 0 saturated carbocycles. The molecule has 0 aliphatic rings. The van der Waals surface area contributed by atoms with E-state index in [4.69, 9.17) is 0 Å². The van der Waals surface area contributed by atoms with Gasteiger partial charge in [-0.25, -0.2) is 4.98 Å². The SMILES string of the molecule is CC.CC.CNC(=O)c1ccc(C)cn1.Cc1ccc(C)c(F)n1. The summed E-state index contributed by atoms with van der Waals surface area (Å²) in [5.41, 5.74) is 2.83. The van der Waals surface area contributed by atoms with Gasteiger partial charge in [0.25, 0.3) is 5.91 Å². The Hall–Kier alpha value is -2.30. The van der Waals surface area contributed by atoms with E-state index in [1.54, 1.807) is 45.3 Å². The molecule has 0 aromatic carbocycles. The van der Waals surface area contributed by atoms with E-state index in [9.17, 15) is 9.18 Å². The third-order valence-electron chi connectivity index (χ3n) is 2.55. The van der Waals surface area contributed by atoms with Crippen molar-refractivity contribution in [2.45, 2.75) is 48.5 Å². The topological polar surface area (TPSA) is 54.9 Å². The normalized spacial score (nSPS) is 8.38. The summed E-state index contributed by atoms with van der Waals surface area (Å²) in [6.07, 6.45) is 1.67. The maximum atomic E-state index is 12.5. The van der Waals surface area contributed by atoms with Crippen molar-refractivity contribution in [2.24, 2.45) is 0 Å². The summed E-state index contributed by atoms with van der Waals surface area (Å²) in [6.45, 7) is 13.4. The molecule has 2 heterocycles. The Morgan fingerprint density at radius 1 is 1.00 bits per heavy atom. The number of rotatable bonds is 1. The van der Waals surface area contributed by atoms with Crippen molar-refractivity contribution in [3.05, 3.63) is 58.9 Å². The lowest BCUT2D eigenvalue weighted by atomic mass is 10.3. The van der Waals surface area contributed by atoms with Gasteiger partial charge in [0.2, 0.25) is 5.95 Å². The first-order valence-corrected chi connectivity index (χ1v) is 8.18. The van der Waals surface area contributed by atoms with E-state index in [-0.39, 0.29) is 11.9 Å². The van der Waals surface area contributed by atoms with E-state index in [2.05, 4.69) is 15.3 Å². The van der Waals surface area contributed by atoms with E-state index in [1.807, 2.05) is 40.7 Å². The fraction of sp³-hybridized carbons (Fsp3) is 0.421. The highest BCUT2D eigenvalue weighted by molar-refractivity contribution is 5.91. The van der Waals surface area contributed by atoms with Gasteiger partial charge in [0, 0.05) is 24.5 Å². The minimum Gasteiger partial charge on any atom is -0.354 e. The molecular weight excluding hydrogens is 305 g/mol.